The van der Waals surface area contributed by atoms with Gasteiger partial charge in [-0.3, -0.25) is 4.79 Å². The third-order valence-electron chi connectivity index (χ3n) is 7.29. The van der Waals surface area contributed by atoms with Crippen molar-refractivity contribution in [1.29, 1.82) is 0 Å². The van der Waals surface area contributed by atoms with Crippen LogP contribution in [0.15, 0.2) is 64.7 Å². The molecule has 0 saturated carbocycles. The minimum absolute atomic E-state index is 0.0958. The van der Waals surface area contributed by atoms with Crippen LogP contribution in [-0.4, -0.2) is 47.0 Å². The number of halogens is 2. The minimum Gasteiger partial charge on any atom is -0.383 e. The molecule has 5 aromatic rings. The molecule has 2 N–H and O–H groups in total. The van der Waals surface area contributed by atoms with Gasteiger partial charge in [-0.15, -0.1) is 16.9 Å². The fourth-order valence-corrected chi connectivity index (χ4v) is 6.68. The molecular weight excluding hydrogens is 539 g/mol. The van der Waals surface area contributed by atoms with Crippen molar-refractivity contribution >= 4 is 29.1 Å². The quantitative estimate of drug-likeness (QED) is 0.319. The van der Waals surface area contributed by atoms with Crippen LogP contribution in [0.4, 0.5) is 10.1 Å². The number of imidazole rings is 1. The predicted molar refractivity (Wildman–Crippen MR) is 148 cm³/mol. The molecule has 196 valence electrons. The number of thioether (sulfide) groups is 1. The number of pyridine rings is 1. The number of aromatic amines is 1. The van der Waals surface area contributed by atoms with E-state index in [0.717, 1.165) is 34.8 Å². The maximum absolute atomic E-state index is 15.4. The summed E-state index contributed by atoms with van der Waals surface area (Å²) in [4.78, 5) is 22.1. The van der Waals surface area contributed by atoms with E-state index in [9.17, 15) is 4.79 Å². The van der Waals surface area contributed by atoms with Crippen molar-refractivity contribution < 1.29 is 4.39 Å². The van der Waals surface area contributed by atoms with Gasteiger partial charge in [-0.1, -0.05) is 18.5 Å². The SMILES string of the molecule is C[C@H]1Cc2cc(-c3cc(Cl)ccc3-n3cnnn3)cc(=O)n2[C@@H]1c1ncc(-c2ccc3c(c2F)SCCN3)[nH]1. The van der Waals surface area contributed by atoms with Gasteiger partial charge in [0.15, 0.2) is 0 Å². The first-order valence-corrected chi connectivity index (χ1v) is 13.9. The molecule has 0 amide bonds. The first-order valence-electron chi connectivity index (χ1n) is 12.5. The molecule has 2 aliphatic rings. The number of fused-ring (bicyclic) bond motifs is 2. The number of H-pyrrole nitrogens is 1. The van der Waals surface area contributed by atoms with Crippen LogP contribution in [-0.2, 0) is 6.42 Å². The Balaban J connectivity index is 1.27. The lowest BCUT2D eigenvalue weighted by molar-refractivity contribution is 0.450. The van der Waals surface area contributed by atoms with E-state index in [1.54, 1.807) is 39.7 Å². The Labute approximate surface area is 231 Å². The summed E-state index contributed by atoms with van der Waals surface area (Å²) in [6.45, 7) is 2.91. The number of rotatable bonds is 4. The molecule has 39 heavy (non-hydrogen) atoms. The number of aromatic nitrogens is 7. The van der Waals surface area contributed by atoms with Crippen LogP contribution in [0.3, 0.4) is 0 Å². The highest BCUT2D eigenvalue weighted by Crippen LogP contribution is 2.40. The minimum atomic E-state index is -0.301. The maximum Gasteiger partial charge on any atom is 0.252 e. The largest absolute Gasteiger partial charge is 0.383 e. The van der Waals surface area contributed by atoms with Crippen LogP contribution < -0.4 is 10.9 Å². The van der Waals surface area contributed by atoms with Gasteiger partial charge < -0.3 is 14.9 Å². The summed E-state index contributed by atoms with van der Waals surface area (Å²) in [5.41, 5.74) is 4.80. The van der Waals surface area contributed by atoms with Crippen molar-refractivity contribution in [3.63, 3.8) is 0 Å². The Bertz CT molecular complexity index is 1780. The molecule has 2 aromatic carbocycles. The summed E-state index contributed by atoms with van der Waals surface area (Å²) >= 11 is 7.84. The molecule has 2 atom stereocenters. The normalized spacial score (nSPS) is 18.0. The van der Waals surface area contributed by atoms with Gasteiger partial charge in [-0.2, -0.15) is 4.68 Å². The van der Waals surface area contributed by atoms with Crippen molar-refractivity contribution in [2.24, 2.45) is 5.92 Å². The summed E-state index contributed by atoms with van der Waals surface area (Å²) in [5, 5.41) is 15.2. The number of benzene rings is 2. The molecule has 2 aliphatic heterocycles. The first-order chi connectivity index (χ1) is 19.0. The van der Waals surface area contributed by atoms with Crippen LogP contribution in [0, 0.1) is 11.7 Å². The molecule has 0 spiro atoms. The van der Waals surface area contributed by atoms with Crippen molar-refractivity contribution in [3.05, 3.63) is 87.7 Å². The average molecular weight is 561 g/mol. The van der Waals surface area contributed by atoms with Gasteiger partial charge in [0.1, 0.15) is 18.0 Å². The lowest BCUT2D eigenvalue weighted by Crippen LogP contribution is -2.25. The molecule has 9 nitrogen and oxygen atoms in total. The molecule has 0 bridgehead atoms. The third-order valence-corrected chi connectivity index (χ3v) is 8.62. The van der Waals surface area contributed by atoms with E-state index >= 15 is 4.39 Å². The maximum atomic E-state index is 15.4. The smallest absolute Gasteiger partial charge is 0.252 e. The van der Waals surface area contributed by atoms with Crippen LogP contribution in [0.2, 0.25) is 5.02 Å². The number of nitrogens with zero attached hydrogens (tertiary/aromatic N) is 6. The topological polar surface area (TPSA) is 106 Å². The van der Waals surface area contributed by atoms with Crippen molar-refractivity contribution in [3.8, 4) is 28.1 Å². The molecule has 0 radical (unpaired) electrons. The highest BCUT2D eigenvalue weighted by Gasteiger charge is 2.34. The fourth-order valence-electron chi connectivity index (χ4n) is 5.57. The van der Waals surface area contributed by atoms with E-state index in [-0.39, 0.29) is 23.3 Å². The molecule has 3 aromatic heterocycles. The van der Waals surface area contributed by atoms with Crippen LogP contribution in [0.5, 0.6) is 0 Å². The predicted octanol–water partition coefficient (Wildman–Crippen LogP) is 4.97. The molecular formula is C27H22ClFN8OS. The zero-order valence-electron chi connectivity index (χ0n) is 20.7. The van der Waals surface area contributed by atoms with Gasteiger partial charge in [0.05, 0.1) is 34.2 Å². The zero-order valence-corrected chi connectivity index (χ0v) is 22.3. The Morgan fingerprint density at radius 2 is 2.05 bits per heavy atom. The van der Waals surface area contributed by atoms with Gasteiger partial charge in [0, 0.05) is 40.2 Å². The third kappa shape index (κ3) is 4.04. The Hall–Kier alpha value is -3.96. The molecule has 7 rings (SSSR count). The number of tetrazole rings is 1. The van der Waals surface area contributed by atoms with Crippen molar-refractivity contribution in [1.82, 2.24) is 34.7 Å². The van der Waals surface area contributed by atoms with E-state index < -0.39 is 0 Å². The second-order valence-electron chi connectivity index (χ2n) is 9.75. The fraction of sp³-hybridized carbons (Fsp3) is 0.222. The molecule has 12 heteroatoms. The van der Waals surface area contributed by atoms with Crippen molar-refractivity contribution in [2.45, 2.75) is 24.3 Å². The summed E-state index contributed by atoms with van der Waals surface area (Å²) in [5.74, 6) is 1.28. The Kier molecular flexibility index (Phi) is 5.78. The Morgan fingerprint density at radius 1 is 1.15 bits per heavy atom. The number of hydrogen-bond donors (Lipinski definition) is 2. The highest BCUT2D eigenvalue weighted by molar-refractivity contribution is 7.99. The molecule has 5 heterocycles. The van der Waals surface area contributed by atoms with Gasteiger partial charge >= 0.3 is 0 Å². The van der Waals surface area contributed by atoms with Crippen molar-refractivity contribution in [2.75, 3.05) is 17.6 Å². The summed E-state index contributed by atoms with van der Waals surface area (Å²) < 4.78 is 18.7. The zero-order chi connectivity index (χ0) is 26.7. The molecule has 0 aliphatic carbocycles. The number of nitrogens with one attached hydrogen (secondary N) is 2. The number of anilines is 1. The van der Waals surface area contributed by atoms with E-state index in [1.807, 2.05) is 18.2 Å². The summed E-state index contributed by atoms with van der Waals surface area (Å²) in [6, 6.07) is 12.4. The van der Waals surface area contributed by atoms with E-state index in [1.165, 1.54) is 18.1 Å². The lowest BCUT2D eigenvalue weighted by Gasteiger charge is -2.19. The van der Waals surface area contributed by atoms with Gasteiger partial charge in [0.25, 0.3) is 5.56 Å². The molecule has 0 unspecified atom stereocenters. The second kappa shape index (κ2) is 9.35. The van der Waals surface area contributed by atoms with Crippen LogP contribution >= 0.6 is 23.4 Å². The van der Waals surface area contributed by atoms with Crippen LogP contribution in [0.25, 0.3) is 28.1 Å². The summed E-state index contributed by atoms with van der Waals surface area (Å²) in [7, 11) is 0. The summed E-state index contributed by atoms with van der Waals surface area (Å²) in [6.07, 6.45) is 3.83. The number of hydrogen-bond acceptors (Lipinski definition) is 7. The molecule has 0 saturated heterocycles. The van der Waals surface area contributed by atoms with Crippen LogP contribution in [0.1, 0.15) is 24.5 Å². The van der Waals surface area contributed by atoms with Gasteiger partial charge in [0.2, 0.25) is 0 Å². The monoisotopic (exact) mass is 560 g/mol. The average Bonchev–Trinajstić information content (AvgIpc) is 3.69. The first kappa shape index (κ1) is 24.1. The van der Waals surface area contributed by atoms with Gasteiger partial charge in [-0.25, -0.2) is 9.37 Å². The standard InChI is InChI=1S/C27H22ClFN8OS/c1-14-8-17-9-15(19-11-16(28)2-5-22(19)36-13-32-34-35-36)10-23(38)37(17)25(14)27-31-12-21(33-27)18-3-4-20-26(24(18)29)39-7-6-30-20/h2-5,9-14,25,30H,6-8H2,1H3,(H,31,33)/t14-,25-/m0/s1. The lowest BCUT2D eigenvalue weighted by atomic mass is 10.0. The van der Waals surface area contributed by atoms with E-state index in [4.69, 9.17) is 11.6 Å². The van der Waals surface area contributed by atoms with Gasteiger partial charge in [-0.05, 0) is 64.7 Å². The highest BCUT2D eigenvalue weighted by atomic mass is 35.5. The Morgan fingerprint density at radius 3 is 2.90 bits per heavy atom. The molecule has 0 fully saturated rings. The van der Waals surface area contributed by atoms with E-state index in [0.29, 0.717) is 39.1 Å². The second-order valence-corrected chi connectivity index (χ2v) is 11.3. The van der Waals surface area contributed by atoms with E-state index in [2.05, 4.69) is 37.7 Å².